The van der Waals surface area contributed by atoms with E-state index in [0.717, 1.165) is 30.9 Å². The fourth-order valence-corrected chi connectivity index (χ4v) is 4.31. The van der Waals surface area contributed by atoms with Gasteiger partial charge in [0, 0.05) is 10.6 Å². The Morgan fingerprint density at radius 2 is 1.84 bits per heavy atom. The van der Waals surface area contributed by atoms with E-state index in [1.807, 2.05) is 0 Å². The zero-order valence-corrected chi connectivity index (χ0v) is 15.6. The summed E-state index contributed by atoms with van der Waals surface area (Å²) in [6.45, 7) is 1.44. The maximum absolute atomic E-state index is 13.6. The fraction of sp³-hybridized carbons (Fsp3) is 0.579. The van der Waals surface area contributed by atoms with Crippen LogP contribution in [0.4, 0.5) is 13.2 Å². The fourth-order valence-electron chi connectivity index (χ4n) is 3.75. The Morgan fingerprint density at radius 3 is 2.44 bits per heavy atom. The van der Waals surface area contributed by atoms with E-state index in [4.69, 9.17) is 27.9 Å². The smallest absolute Gasteiger partial charge is 0.432 e. The summed E-state index contributed by atoms with van der Waals surface area (Å²) in [4.78, 5) is 0. The molecule has 1 aliphatic heterocycles. The summed E-state index contributed by atoms with van der Waals surface area (Å²) in [6.07, 6.45) is 2.86. The van der Waals surface area contributed by atoms with Crippen LogP contribution in [0.1, 0.15) is 56.6 Å². The molecule has 138 valence electrons. The van der Waals surface area contributed by atoms with Crippen molar-refractivity contribution in [2.75, 3.05) is 0 Å². The molecule has 0 spiro atoms. The van der Waals surface area contributed by atoms with Crippen LogP contribution >= 0.6 is 23.2 Å². The van der Waals surface area contributed by atoms with Crippen molar-refractivity contribution < 1.29 is 17.9 Å². The topological polar surface area (TPSA) is 9.23 Å². The van der Waals surface area contributed by atoms with Crippen molar-refractivity contribution in [1.82, 2.24) is 0 Å². The molecular weight excluding hydrogens is 372 g/mol. The highest BCUT2D eigenvalue weighted by Crippen LogP contribution is 2.48. The first-order valence-electron chi connectivity index (χ1n) is 8.72. The molecule has 0 aromatic heterocycles. The van der Waals surface area contributed by atoms with Crippen molar-refractivity contribution >= 4 is 28.2 Å². The van der Waals surface area contributed by atoms with E-state index >= 15 is 0 Å². The van der Waals surface area contributed by atoms with Gasteiger partial charge in [0.2, 0.25) is 5.60 Å². The number of rotatable bonds is 3. The molecule has 2 aliphatic rings. The Morgan fingerprint density at radius 1 is 1.16 bits per heavy atom. The molecule has 0 saturated heterocycles. The third-order valence-corrected chi connectivity index (χ3v) is 5.96. The molecule has 6 heteroatoms. The molecule has 0 amide bonds. The average Bonchev–Trinajstić information content (AvgIpc) is 2.56. The van der Waals surface area contributed by atoms with E-state index in [1.165, 1.54) is 26.2 Å². The van der Waals surface area contributed by atoms with Gasteiger partial charge < -0.3 is 4.74 Å². The van der Waals surface area contributed by atoms with E-state index in [9.17, 15) is 13.2 Å². The lowest BCUT2D eigenvalue weighted by Gasteiger charge is -2.37. The number of hydrogen-bond donors (Lipinski definition) is 0. The van der Waals surface area contributed by atoms with Gasteiger partial charge in [0.1, 0.15) is 5.75 Å². The zero-order valence-electron chi connectivity index (χ0n) is 14.1. The highest BCUT2D eigenvalue weighted by Gasteiger charge is 2.56. The number of halogens is 5. The second-order valence-corrected chi connectivity index (χ2v) is 7.80. The highest BCUT2D eigenvalue weighted by atomic mass is 35.5. The van der Waals surface area contributed by atoms with Crippen molar-refractivity contribution in [2.24, 2.45) is 5.92 Å². The lowest BCUT2D eigenvalue weighted by Crippen LogP contribution is -2.49. The molecule has 1 saturated carbocycles. The quantitative estimate of drug-likeness (QED) is 0.530. The van der Waals surface area contributed by atoms with Gasteiger partial charge in [0.15, 0.2) is 0 Å². The highest BCUT2D eigenvalue weighted by molar-refractivity contribution is 6.49. The van der Waals surface area contributed by atoms with Crippen LogP contribution in [0.15, 0.2) is 18.2 Å². The third-order valence-electron chi connectivity index (χ3n) is 5.30. The first kappa shape index (κ1) is 18.9. The Labute approximate surface area is 156 Å². The van der Waals surface area contributed by atoms with Crippen LogP contribution in [0.25, 0.3) is 5.03 Å². The maximum Gasteiger partial charge on any atom is 0.432 e. The molecule has 1 aromatic rings. The van der Waals surface area contributed by atoms with Gasteiger partial charge in [0.05, 0.1) is 5.03 Å². The van der Waals surface area contributed by atoms with E-state index in [-0.39, 0.29) is 17.2 Å². The lowest BCUT2D eigenvalue weighted by atomic mass is 9.84. The number of alkyl halides is 3. The Hall–Kier alpha value is -0.870. The standard InChI is InChI=1S/C19H21Cl2F3O/c1-2-18(19(22,23)24)11-16(21)14-10-15(20)13(9-17(14)25-18)8-12-6-4-3-5-7-12/h9-12H,2-8H2,1H3. The molecule has 1 aliphatic carbocycles. The number of ether oxygens (including phenoxy) is 1. The second-order valence-electron chi connectivity index (χ2n) is 6.98. The summed E-state index contributed by atoms with van der Waals surface area (Å²) in [6, 6.07) is 3.28. The molecular formula is C19H21Cl2F3O. The Bertz CT molecular complexity index is 678. The van der Waals surface area contributed by atoms with E-state index in [2.05, 4.69) is 0 Å². The molecule has 1 nitrogen and oxygen atoms in total. The molecule has 1 unspecified atom stereocenters. The molecule has 0 N–H and O–H groups in total. The summed E-state index contributed by atoms with van der Waals surface area (Å²) in [7, 11) is 0. The van der Waals surface area contributed by atoms with Crippen molar-refractivity contribution in [2.45, 2.75) is 63.6 Å². The van der Waals surface area contributed by atoms with Crippen LogP contribution in [0.3, 0.4) is 0 Å². The number of benzene rings is 1. The average molecular weight is 393 g/mol. The molecule has 25 heavy (non-hydrogen) atoms. The first-order valence-corrected chi connectivity index (χ1v) is 9.48. The van der Waals surface area contributed by atoms with Gasteiger partial charge in [-0.2, -0.15) is 13.2 Å². The Balaban J connectivity index is 1.95. The predicted molar refractivity (Wildman–Crippen MR) is 95.3 cm³/mol. The van der Waals surface area contributed by atoms with Crippen LogP contribution in [0.5, 0.6) is 5.75 Å². The molecule has 1 atom stereocenters. The van der Waals surface area contributed by atoms with Crippen LogP contribution < -0.4 is 4.74 Å². The third kappa shape index (κ3) is 3.66. The SMILES string of the molecule is CCC1(C(F)(F)F)C=C(Cl)c2cc(Cl)c(CC3CCCCC3)cc2O1. The molecule has 1 heterocycles. The van der Waals surface area contributed by atoms with Gasteiger partial charge >= 0.3 is 6.18 Å². The van der Waals surface area contributed by atoms with Crippen LogP contribution in [-0.2, 0) is 6.42 Å². The van der Waals surface area contributed by atoms with Crippen molar-refractivity contribution in [3.8, 4) is 5.75 Å². The zero-order chi connectivity index (χ0) is 18.2. The molecule has 0 bridgehead atoms. The van der Waals surface area contributed by atoms with Crippen LogP contribution in [-0.4, -0.2) is 11.8 Å². The summed E-state index contributed by atoms with van der Waals surface area (Å²) in [5, 5.41) is 0.571. The monoisotopic (exact) mass is 392 g/mol. The normalized spacial score (nSPS) is 24.5. The summed E-state index contributed by atoms with van der Waals surface area (Å²) in [5.74, 6) is 0.694. The van der Waals surface area contributed by atoms with E-state index < -0.39 is 11.8 Å². The molecule has 0 radical (unpaired) electrons. The largest absolute Gasteiger partial charge is 0.473 e. The summed E-state index contributed by atoms with van der Waals surface area (Å²) >= 11 is 12.5. The second kappa shape index (κ2) is 7.03. The van der Waals surface area contributed by atoms with Gasteiger partial charge in [-0.05, 0) is 42.5 Å². The first-order chi connectivity index (χ1) is 11.8. The molecule has 3 rings (SSSR count). The maximum atomic E-state index is 13.6. The lowest BCUT2D eigenvalue weighted by molar-refractivity contribution is -0.230. The van der Waals surface area contributed by atoms with Gasteiger partial charge in [0.25, 0.3) is 0 Å². The van der Waals surface area contributed by atoms with E-state index in [0.29, 0.717) is 16.5 Å². The van der Waals surface area contributed by atoms with Gasteiger partial charge in [-0.3, -0.25) is 0 Å². The minimum Gasteiger partial charge on any atom is -0.473 e. The van der Waals surface area contributed by atoms with Crippen molar-refractivity contribution in [3.05, 3.63) is 34.4 Å². The predicted octanol–water partition coefficient (Wildman–Crippen LogP) is 7.15. The molecule has 1 aromatic carbocycles. The van der Waals surface area contributed by atoms with Crippen LogP contribution in [0, 0.1) is 5.92 Å². The Kier molecular flexibility index (Phi) is 5.32. The minimum absolute atomic E-state index is 0.0338. The molecule has 1 fully saturated rings. The summed E-state index contributed by atoms with van der Waals surface area (Å²) < 4.78 is 46.1. The van der Waals surface area contributed by atoms with Gasteiger partial charge in [-0.1, -0.05) is 62.2 Å². The van der Waals surface area contributed by atoms with Gasteiger partial charge in [-0.25, -0.2) is 0 Å². The van der Waals surface area contributed by atoms with Crippen molar-refractivity contribution in [1.29, 1.82) is 0 Å². The van der Waals surface area contributed by atoms with E-state index in [1.54, 1.807) is 12.1 Å². The minimum atomic E-state index is -4.54. The van der Waals surface area contributed by atoms with Crippen LogP contribution in [0.2, 0.25) is 5.02 Å². The van der Waals surface area contributed by atoms with Gasteiger partial charge in [-0.15, -0.1) is 0 Å². The summed E-state index contributed by atoms with van der Waals surface area (Å²) in [5.41, 5.74) is -1.12. The number of fused-ring (bicyclic) bond motifs is 1. The number of hydrogen-bond acceptors (Lipinski definition) is 1. The van der Waals surface area contributed by atoms with Crippen molar-refractivity contribution in [3.63, 3.8) is 0 Å².